The molecular formula is C17H31N7O7. The summed E-state index contributed by atoms with van der Waals surface area (Å²) in [7, 11) is 0. The predicted octanol–water partition coefficient (Wildman–Crippen LogP) is -4.60. The number of hydrogen-bond donors (Lipinski definition) is 8. The number of carboxylic acid groups (broad SMARTS) is 1. The number of nitrogens with zero attached hydrogens (tertiary/aromatic N) is 2. The summed E-state index contributed by atoms with van der Waals surface area (Å²) in [6, 6.07) is -4.74. The third-order valence-electron chi connectivity index (χ3n) is 4.73. The zero-order chi connectivity index (χ0) is 23.6. The van der Waals surface area contributed by atoms with Crippen molar-refractivity contribution < 1.29 is 34.5 Å². The maximum atomic E-state index is 13.1. The van der Waals surface area contributed by atoms with Gasteiger partial charge in [0.05, 0.1) is 13.2 Å². The first-order valence-electron chi connectivity index (χ1n) is 9.79. The smallest absolute Gasteiger partial charge is 0.328 e. The lowest BCUT2D eigenvalue weighted by Crippen LogP contribution is -2.57. The van der Waals surface area contributed by atoms with Crippen molar-refractivity contribution in [3.8, 4) is 0 Å². The lowest BCUT2D eigenvalue weighted by atomic mass is 10.1. The zero-order valence-corrected chi connectivity index (χ0v) is 17.1. The minimum absolute atomic E-state index is 0.123. The summed E-state index contributed by atoms with van der Waals surface area (Å²) in [5.41, 5.74) is 16.0. The molecule has 0 saturated carbocycles. The summed E-state index contributed by atoms with van der Waals surface area (Å²) in [6.45, 7) is -0.994. The van der Waals surface area contributed by atoms with Crippen LogP contribution in [0.4, 0.5) is 0 Å². The Morgan fingerprint density at radius 2 is 1.77 bits per heavy atom. The first-order chi connectivity index (χ1) is 14.6. The molecule has 1 heterocycles. The highest BCUT2D eigenvalue weighted by Gasteiger charge is 2.38. The Bertz CT molecular complexity index is 684. The molecule has 1 saturated heterocycles. The molecule has 14 heteroatoms. The monoisotopic (exact) mass is 445 g/mol. The van der Waals surface area contributed by atoms with Gasteiger partial charge in [0, 0.05) is 13.1 Å². The fourth-order valence-electron chi connectivity index (χ4n) is 3.08. The quantitative estimate of drug-likeness (QED) is 0.0810. The Labute approximate surface area is 178 Å². The van der Waals surface area contributed by atoms with Gasteiger partial charge in [-0.2, -0.15) is 0 Å². The van der Waals surface area contributed by atoms with E-state index in [1.165, 1.54) is 4.90 Å². The van der Waals surface area contributed by atoms with E-state index >= 15 is 0 Å². The molecule has 0 radical (unpaired) electrons. The van der Waals surface area contributed by atoms with Gasteiger partial charge in [-0.3, -0.25) is 19.4 Å². The van der Waals surface area contributed by atoms with Gasteiger partial charge in [-0.1, -0.05) is 0 Å². The second kappa shape index (κ2) is 12.7. The van der Waals surface area contributed by atoms with E-state index in [9.17, 15) is 19.2 Å². The lowest BCUT2D eigenvalue weighted by Gasteiger charge is -2.29. The fourth-order valence-corrected chi connectivity index (χ4v) is 3.08. The van der Waals surface area contributed by atoms with Crippen LogP contribution in [0.1, 0.15) is 25.7 Å². The first kappa shape index (κ1) is 26.1. The van der Waals surface area contributed by atoms with E-state index in [-0.39, 0.29) is 25.5 Å². The van der Waals surface area contributed by atoms with Gasteiger partial charge >= 0.3 is 5.97 Å². The molecule has 176 valence electrons. The molecule has 0 spiro atoms. The van der Waals surface area contributed by atoms with Crippen LogP contribution in [0, 0.1) is 0 Å². The van der Waals surface area contributed by atoms with Crippen LogP contribution in [0.3, 0.4) is 0 Å². The molecule has 0 aromatic rings. The Kier molecular flexibility index (Phi) is 10.6. The van der Waals surface area contributed by atoms with Crippen LogP contribution in [-0.4, -0.2) is 100 Å². The first-order valence-corrected chi connectivity index (χ1v) is 9.79. The predicted molar refractivity (Wildman–Crippen MR) is 108 cm³/mol. The Morgan fingerprint density at radius 1 is 1.10 bits per heavy atom. The molecular weight excluding hydrogens is 414 g/mol. The van der Waals surface area contributed by atoms with Crippen molar-refractivity contribution >= 4 is 29.7 Å². The van der Waals surface area contributed by atoms with Crippen molar-refractivity contribution in [3.05, 3.63) is 0 Å². The minimum Gasteiger partial charge on any atom is -0.480 e. The highest BCUT2D eigenvalue weighted by Crippen LogP contribution is 2.20. The van der Waals surface area contributed by atoms with E-state index in [1.54, 1.807) is 0 Å². The molecule has 1 fully saturated rings. The SMILES string of the molecule is NC(N)=NCCCC(NC(=O)C(N)CO)C(=O)N1CCCC1C(=O)NC(CO)C(=O)O. The van der Waals surface area contributed by atoms with Crippen molar-refractivity contribution in [2.75, 3.05) is 26.3 Å². The van der Waals surface area contributed by atoms with Gasteiger partial charge in [0.2, 0.25) is 17.7 Å². The maximum Gasteiger partial charge on any atom is 0.328 e. The van der Waals surface area contributed by atoms with Crippen molar-refractivity contribution in [1.82, 2.24) is 15.5 Å². The maximum absolute atomic E-state index is 13.1. The van der Waals surface area contributed by atoms with Crippen molar-refractivity contribution in [2.24, 2.45) is 22.2 Å². The number of amides is 3. The van der Waals surface area contributed by atoms with Gasteiger partial charge in [-0.15, -0.1) is 0 Å². The third-order valence-corrected chi connectivity index (χ3v) is 4.73. The summed E-state index contributed by atoms with van der Waals surface area (Å²) in [5.74, 6) is -3.55. The summed E-state index contributed by atoms with van der Waals surface area (Å²) < 4.78 is 0. The van der Waals surface area contributed by atoms with Crippen LogP contribution in [0.2, 0.25) is 0 Å². The highest BCUT2D eigenvalue weighted by molar-refractivity contribution is 5.94. The number of likely N-dealkylation sites (tertiary alicyclic amines) is 1. The van der Waals surface area contributed by atoms with Crippen molar-refractivity contribution in [1.29, 1.82) is 0 Å². The van der Waals surface area contributed by atoms with Crippen LogP contribution >= 0.6 is 0 Å². The van der Waals surface area contributed by atoms with Crippen LogP contribution in [-0.2, 0) is 19.2 Å². The Balaban J connectivity index is 2.93. The number of aliphatic hydroxyl groups is 2. The van der Waals surface area contributed by atoms with Gasteiger partial charge < -0.3 is 48.1 Å². The van der Waals surface area contributed by atoms with E-state index in [0.29, 0.717) is 19.3 Å². The Hall–Kier alpha value is -2.97. The summed E-state index contributed by atoms with van der Waals surface area (Å²) in [6.07, 6.45) is 1.25. The number of guanidine groups is 1. The molecule has 14 nitrogen and oxygen atoms in total. The van der Waals surface area contributed by atoms with E-state index in [0.717, 1.165) is 0 Å². The third kappa shape index (κ3) is 7.99. The van der Waals surface area contributed by atoms with Crippen molar-refractivity contribution in [3.63, 3.8) is 0 Å². The average Bonchev–Trinajstić information content (AvgIpc) is 3.22. The van der Waals surface area contributed by atoms with Gasteiger partial charge in [0.15, 0.2) is 5.96 Å². The highest BCUT2D eigenvalue weighted by atomic mass is 16.4. The molecule has 1 rings (SSSR count). The number of aliphatic imine (C=N–C) groups is 1. The number of aliphatic carboxylic acids is 1. The minimum atomic E-state index is -1.50. The molecule has 4 unspecified atom stereocenters. The molecule has 1 aliphatic rings. The molecule has 3 amide bonds. The largest absolute Gasteiger partial charge is 0.480 e. The molecule has 31 heavy (non-hydrogen) atoms. The topological polar surface area (TPSA) is 247 Å². The zero-order valence-electron chi connectivity index (χ0n) is 17.1. The number of nitrogens with two attached hydrogens (primary N) is 3. The van der Waals surface area contributed by atoms with E-state index in [2.05, 4.69) is 15.6 Å². The van der Waals surface area contributed by atoms with Gasteiger partial charge in [0.25, 0.3) is 0 Å². The number of carboxylic acids is 1. The number of aliphatic hydroxyl groups excluding tert-OH is 2. The van der Waals surface area contributed by atoms with Gasteiger partial charge in [-0.25, -0.2) is 4.79 Å². The van der Waals surface area contributed by atoms with Crippen molar-refractivity contribution in [2.45, 2.75) is 49.9 Å². The summed E-state index contributed by atoms with van der Waals surface area (Å²) in [5, 5.41) is 31.8. The molecule has 0 bridgehead atoms. The molecule has 0 aliphatic carbocycles. The van der Waals surface area contributed by atoms with Gasteiger partial charge in [0.1, 0.15) is 24.2 Å². The van der Waals surface area contributed by atoms with Gasteiger partial charge in [-0.05, 0) is 25.7 Å². The summed E-state index contributed by atoms with van der Waals surface area (Å²) in [4.78, 5) is 53.8. The second-order valence-corrected chi connectivity index (χ2v) is 7.07. The lowest BCUT2D eigenvalue weighted by molar-refractivity contribution is -0.145. The normalized spacial score (nSPS) is 18.5. The molecule has 4 atom stereocenters. The number of rotatable bonds is 12. The van der Waals surface area contributed by atoms with Crippen LogP contribution in [0.5, 0.6) is 0 Å². The fraction of sp³-hybridized carbons (Fsp3) is 0.706. The number of carbonyl (C=O) groups excluding carboxylic acids is 3. The molecule has 0 aromatic carbocycles. The average molecular weight is 445 g/mol. The second-order valence-electron chi connectivity index (χ2n) is 7.07. The standard InChI is InChI=1S/C17H31N7O7/c18-9(7-25)13(27)22-10(3-1-5-21-17(19)20)15(29)24-6-2-4-12(24)14(28)23-11(8-26)16(30)31/h9-12,25-26H,1-8,18H2,(H,22,27)(H,23,28)(H,30,31)(H4,19,20,21). The molecule has 1 aliphatic heterocycles. The summed E-state index contributed by atoms with van der Waals surface area (Å²) >= 11 is 0. The number of hydrogen-bond acceptors (Lipinski definition) is 8. The number of nitrogens with one attached hydrogen (secondary N) is 2. The number of carbonyl (C=O) groups is 4. The Morgan fingerprint density at radius 3 is 2.32 bits per heavy atom. The van der Waals surface area contributed by atoms with Crippen LogP contribution in [0.25, 0.3) is 0 Å². The molecule has 0 aromatic heterocycles. The van der Waals surface area contributed by atoms with Crippen LogP contribution < -0.4 is 27.8 Å². The van der Waals surface area contributed by atoms with E-state index in [1.807, 2.05) is 0 Å². The van der Waals surface area contributed by atoms with Crippen LogP contribution in [0.15, 0.2) is 4.99 Å². The van der Waals surface area contributed by atoms with E-state index in [4.69, 9.17) is 32.5 Å². The van der Waals surface area contributed by atoms with E-state index < -0.39 is 61.1 Å². The molecule has 11 N–H and O–H groups in total.